The molecule has 6 heteroatoms. The summed E-state index contributed by atoms with van der Waals surface area (Å²) in [6.45, 7) is 0.843. The lowest BCUT2D eigenvalue weighted by atomic mass is 9.85. The molecule has 1 saturated carbocycles. The summed E-state index contributed by atoms with van der Waals surface area (Å²) in [6.07, 6.45) is 5.30. The Kier molecular flexibility index (Phi) is 3.61. The number of pyridine rings is 1. The van der Waals surface area contributed by atoms with E-state index in [1.807, 2.05) is 11.9 Å². The number of halogens is 1. The number of rotatable bonds is 4. The van der Waals surface area contributed by atoms with Crippen LogP contribution in [0.1, 0.15) is 19.3 Å². The second-order valence-corrected chi connectivity index (χ2v) is 5.35. The molecule has 1 aromatic heterocycles. The normalized spacial score (nSPS) is 15.4. The number of nitrogens with zero attached hydrogens (tertiary/aromatic N) is 3. The molecule has 0 bridgehead atoms. The molecule has 0 amide bonds. The first-order chi connectivity index (χ1) is 8.08. The Labute approximate surface area is 108 Å². The van der Waals surface area contributed by atoms with E-state index >= 15 is 0 Å². The zero-order chi connectivity index (χ0) is 12.4. The van der Waals surface area contributed by atoms with Crippen LogP contribution in [0, 0.1) is 16.0 Å². The summed E-state index contributed by atoms with van der Waals surface area (Å²) in [7, 11) is 1.86. The predicted molar refractivity (Wildman–Crippen MR) is 69.2 cm³/mol. The molecule has 1 fully saturated rings. The Bertz CT molecular complexity index is 435. The van der Waals surface area contributed by atoms with Crippen molar-refractivity contribution in [2.24, 2.45) is 5.92 Å². The minimum Gasteiger partial charge on any atom is -0.354 e. The Morgan fingerprint density at radius 1 is 1.65 bits per heavy atom. The largest absolute Gasteiger partial charge is 0.354 e. The van der Waals surface area contributed by atoms with E-state index in [1.165, 1.54) is 25.3 Å². The molecule has 0 unspecified atom stereocenters. The van der Waals surface area contributed by atoms with Crippen molar-refractivity contribution in [1.29, 1.82) is 0 Å². The van der Waals surface area contributed by atoms with Gasteiger partial charge in [-0.05, 0) is 34.7 Å². The van der Waals surface area contributed by atoms with Crippen molar-refractivity contribution in [3.05, 3.63) is 26.9 Å². The van der Waals surface area contributed by atoms with E-state index in [4.69, 9.17) is 0 Å². The lowest BCUT2D eigenvalue weighted by Crippen LogP contribution is -2.30. The van der Waals surface area contributed by atoms with E-state index in [1.54, 1.807) is 6.20 Å². The highest BCUT2D eigenvalue weighted by atomic mass is 79.9. The molecule has 0 aromatic carbocycles. The first kappa shape index (κ1) is 12.3. The summed E-state index contributed by atoms with van der Waals surface area (Å²) in [5.74, 6) is 1.11. The highest BCUT2D eigenvalue weighted by Gasteiger charge is 2.24. The Hall–Kier alpha value is -1.17. The van der Waals surface area contributed by atoms with Crippen LogP contribution in [0.3, 0.4) is 0 Å². The third-order valence-electron chi connectivity index (χ3n) is 3.13. The van der Waals surface area contributed by atoms with Crippen LogP contribution in [-0.2, 0) is 0 Å². The minimum absolute atomic E-state index is 0.0567. The van der Waals surface area contributed by atoms with Crippen LogP contribution < -0.4 is 4.90 Å². The third-order valence-corrected chi connectivity index (χ3v) is 3.56. The first-order valence-corrected chi connectivity index (χ1v) is 6.38. The van der Waals surface area contributed by atoms with Gasteiger partial charge in [0.1, 0.15) is 0 Å². The average Bonchev–Trinajstić information content (AvgIpc) is 2.23. The maximum absolute atomic E-state index is 11.0. The Morgan fingerprint density at radius 2 is 2.35 bits per heavy atom. The molecular weight excluding hydrogens is 286 g/mol. The molecular formula is C11H14BrN3O2. The maximum Gasteiger partial charge on any atom is 0.312 e. The molecule has 1 aliphatic carbocycles. The van der Waals surface area contributed by atoms with E-state index in [2.05, 4.69) is 20.9 Å². The van der Waals surface area contributed by atoms with Gasteiger partial charge in [0.15, 0.2) is 0 Å². The van der Waals surface area contributed by atoms with E-state index in [0.29, 0.717) is 16.2 Å². The van der Waals surface area contributed by atoms with Gasteiger partial charge in [-0.25, -0.2) is 4.98 Å². The number of nitro groups is 1. The summed E-state index contributed by atoms with van der Waals surface area (Å²) < 4.78 is 0.630. The molecule has 17 heavy (non-hydrogen) atoms. The van der Waals surface area contributed by atoms with Crippen LogP contribution >= 0.6 is 15.9 Å². The summed E-state index contributed by atoms with van der Waals surface area (Å²) in [6, 6.07) is 1.50. The standard InChI is InChI=1S/C11H14BrN3O2/c1-14(7-8-3-2-4-8)11-10(15(16)17)5-9(12)6-13-11/h5-6,8H,2-4,7H2,1H3. The van der Waals surface area contributed by atoms with Gasteiger partial charge in [-0.1, -0.05) is 6.42 Å². The monoisotopic (exact) mass is 299 g/mol. The molecule has 5 nitrogen and oxygen atoms in total. The van der Waals surface area contributed by atoms with E-state index < -0.39 is 0 Å². The van der Waals surface area contributed by atoms with Crippen molar-refractivity contribution in [1.82, 2.24) is 4.98 Å². The van der Waals surface area contributed by atoms with Crippen molar-refractivity contribution in [2.45, 2.75) is 19.3 Å². The van der Waals surface area contributed by atoms with Crippen molar-refractivity contribution < 1.29 is 4.92 Å². The van der Waals surface area contributed by atoms with Gasteiger partial charge in [0.2, 0.25) is 5.82 Å². The zero-order valence-corrected chi connectivity index (χ0v) is 11.2. The number of anilines is 1. The van der Waals surface area contributed by atoms with Gasteiger partial charge < -0.3 is 4.90 Å². The van der Waals surface area contributed by atoms with Gasteiger partial charge in [-0.3, -0.25) is 10.1 Å². The van der Waals surface area contributed by atoms with Crippen LogP contribution in [0.4, 0.5) is 11.5 Å². The molecule has 2 rings (SSSR count). The van der Waals surface area contributed by atoms with Gasteiger partial charge in [-0.15, -0.1) is 0 Å². The second kappa shape index (κ2) is 5.00. The van der Waals surface area contributed by atoms with Crippen LogP contribution in [0.5, 0.6) is 0 Å². The van der Waals surface area contributed by atoms with Crippen molar-refractivity contribution in [3.63, 3.8) is 0 Å². The molecule has 0 saturated heterocycles. The molecule has 92 valence electrons. The lowest BCUT2D eigenvalue weighted by Gasteiger charge is -2.30. The fourth-order valence-corrected chi connectivity index (χ4v) is 2.32. The zero-order valence-electron chi connectivity index (χ0n) is 9.60. The van der Waals surface area contributed by atoms with E-state index in [0.717, 1.165) is 6.54 Å². The molecule has 0 spiro atoms. The Morgan fingerprint density at radius 3 is 2.88 bits per heavy atom. The van der Waals surface area contributed by atoms with Crippen LogP contribution in [0.25, 0.3) is 0 Å². The van der Waals surface area contributed by atoms with E-state index in [9.17, 15) is 10.1 Å². The number of hydrogen-bond acceptors (Lipinski definition) is 4. The summed E-state index contributed by atoms with van der Waals surface area (Å²) in [5, 5.41) is 11.0. The third kappa shape index (κ3) is 2.74. The highest BCUT2D eigenvalue weighted by Crippen LogP contribution is 2.32. The average molecular weight is 300 g/mol. The number of aromatic nitrogens is 1. The van der Waals surface area contributed by atoms with Crippen molar-refractivity contribution in [2.75, 3.05) is 18.5 Å². The molecule has 1 aliphatic rings. The van der Waals surface area contributed by atoms with Crippen LogP contribution in [0.15, 0.2) is 16.7 Å². The molecule has 1 heterocycles. The summed E-state index contributed by atoms with van der Waals surface area (Å²) in [5.41, 5.74) is 0.0567. The number of hydrogen-bond donors (Lipinski definition) is 0. The van der Waals surface area contributed by atoms with Gasteiger partial charge in [0.05, 0.1) is 4.92 Å². The second-order valence-electron chi connectivity index (χ2n) is 4.43. The van der Waals surface area contributed by atoms with Crippen molar-refractivity contribution in [3.8, 4) is 0 Å². The van der Waals surface area contributed by atoms with Crippen LogP contribution in [0.2, 0.25) is 0 Å². The molecule has 0 atom stereocenters. The maximum atomic E-state index is 11.0. The van der Waals surface area contributed by atoms with Gasteiger partial charge in [0.25, 0.3) is 0 Å². The van der Waals surface area contributed by atoms with Gasteiger partial charge >= 0.3 is 5.69 Å². The fraction of sp³-hybridized carbons (Fsp3) is 0.545. The Balaban J connectivity index is 2.20. The first-order valence-electron chi connectivity index (χ1n) is 5.59. The van der Waals surface area contributed by atoms with Gasteiger partial charge in [0, 0.05) is 30.3 Å². The molecule has 0 radical (unpaired) electrons. The fourth-order valence-electron chi connectivity index (χ4n) is 2.00. The predicted octanol–water partition coefficient (Wildman–Crippen LogP) is 2.99. The lowest BCUT2D eigenvalue weighted by molar-refractivity contribution is -0.384. The SMILES string of the molecule is CN(CC1CCC1)c1ncc(Br)cc1[N+](=O)[O-]. The van der Waals surface area contributed by atoms with Crippen molar-refractivity contribution >= 4 is 27.4 Å². The summed E-state index contributed by atoms with van der Waals surface area (Å²) in [4.78, 5) is 16.6. The smallest absolute Gasteiger partial charge is 0.312 e. The van der Waals surface area contributed by atoms with Gasteiger partial charge in [-0.2, -0.15) is 0 Å². The summed E-state index contributed by atoms with van der Waals surface area (Å²) >= 11 is 3.20. The molecule has 1 aromatic rings. The molecule has 0 aliphatic heterocycles. The molecule has 0 N–H and O–H groups in total. The minimum atomic E-state index is -0.385. The van der Waals surface area contributed by atoms with Crippen LogP contribution in [-0.4, -0.2) is 23.5 Å². The quantitative estimate of drug-likeness (QED) is 0.633. The topological polar surface area (TPSA) is 59.3 Å². The van der Waals surface area contributed by atoms with E-state index in [-0.39, 0.29) is 10.6 Å². The highest BCUT2D eigenvalue weighted by molar-refractivity contribution is 9.10.